The van der Waals surface area contributed by atoms with Crippen LogP contribution in [0.25, 0.3) is 0 Å². The van der Waals surface area contributed by atoms with Crippen LogP contribution in [0.4, 0.5) is 5.69 Å². The summed E-state index contributed by atoms with van der Waals surface area (Å²) < 4.78 is 16.3. The first-order valence-corrected chi connectivity index (χ1v) is 9.50. The van der Waals surface area contributed by atoms with Gasteiger partial charge in [0.25, 0.3) is 5.91 Å². The van der Waals surface area contributed by atoms with Crippen molar-refractivity contribution in [3.63, 3.8) is 0 Å². The van der Waals surface area contributed by atoms with Gasteiger partial charge in [0.1, 0.15) is 17.2 Å². The van der Waals surface area contributed by atoms with Gasteiger partial charge in [-0.05, 0) is 30.7 Å². The zero-order valence-electron chi connectivity index (χ0n) is 17.0. The quantitative estimate of drug-likeness (QED) is 0.684. The Labute approximate surface area is 170 Å². The molecule has 7 heteroatoms. The van der Waals surface area contributed by atoms with Crippen molar-refractivity contribution in [2.45, 2.75) is 19.4 Å². The third kappa shape index (κ3) is 4.99. The summed E-state index contributed by atoms with van der Waals surface area (Å²) in [5.74, 6) is 1.87. The molecular formula is C22H26N2O5. The maximum Gasteiger partial charge on any atom is 0.260 e. The summed E-state index contributed by atoms with van der Waals surface area (Å²) in [7, 11) is 4.89. The van der Waals surface area contributed by atoms with Gasteiger partial charge in [-0.25, -0.2) is 0 Å². The van der Waals surface area contributed by atoms with Crippen molar-refractivity contribution in [1.29, 1.82) is 0 Å². The van der Waals surface area contributed by atoms with Crippen LogP contribution in [-0.4, -0.2) is 51.1 Å². The van der Waals surface area contributed by atoms with Crippen molar-refractivity contribution in [3.05, 3.63) is 48.0 Å². The average molecular weight is 398 g/mol. The molecule has 1 fully saturated rings. The van der Waals surface area contributed by atoms with Crippen molar-refractivity contribution >= 4 is 17.5 Å². The molecule has 0 aromatic heterocycles. The monoisotopic (exact) mass is 398 g/mol. The molecule has 1 heterocycles. The number of benzene rings is 2. The second-order valence-electron chi connectivity index (χ2n) is 6.86. The van der Waals surface area contributed by atoms with Crippen LogP contribution in [0, 0.1) is 0 Å². The van der Waals surface area contributed by atoms with Crippen LogP contribution in [0.5, 0.6) is 17.2 Å². The van der Waals surface area contributed by atoms with E-state index in [-0.39, 0.29) is 18.4 Å². The SMILES string of the molecule is COc1ccc(CN(C)C(=O)COc2cccc(N3CCCC3=O)c2)c(OC)c1. The van der Waals surface area contributed by atoms with E-state index in [4.69, 9.17) is 14.2 Å². The summed E-state index contributed by atoms with van der Waals surface area (Å²) in [5.41, 5.74) is 1.67. The normalized spacial score (nSPS) is 13.3. The van der Waals surface area contributed by atoms with Gasteiger partial charge in [-0.2, -0.15) is 0 Å². The summed E-state index contributed by atoms with van der Waals surface area (Å²) in [6, 6.07) is 12.8. The van der Waals surface area contributed by atoms with Crippen molar-refractivity contribution < 1.29 is 23.8 Å². The lowest BCUT2D eigenvalue weighted by Crippen LogP contribution is -2.31. The van der Waals surface area contributed by atoms with Crippen LogP contribution < -0.4 is 19.1 Å². The standard InChI is InChI=1S/C22H26N2O5/c1-23(14-16-9-10-18(27-2)13-20(16)28-3)22(26)15-29-19-7-4-6-17(12-19)24-11-5-8-21(24)25/h4,6-7,9-10,12-13H,5,8,11,14-15H2,1-3H3. The van der Waals surface area contributed by atoms with Gasteiger partial charge in [0.2, 0.25) is 5.91 Å². The minimum absolute atomic E-state index is 0.0909. The van der Waals surface area contributed by atoms with Crippen LogP contribution in [0.15, 0.2) is 42.5 Å². The molecule has 0 N–H and O–H groups in total. The molecule has 1 aliphatic rings. The van der Waals surface area contributed by atoms with Crippen molar-refractivity contribution in [3.8, 4) is 17.2 Å². The third-order valence-electron chi connectivity index (χ3n) is 4.89. The van der Waals surface area contributed by atoms with Gasteiger partial charge in [0, 0.05) is 49.9 Å². The fourth-order valence-corrected chi connectivity index (χ4v) is 3.24. The Morgan fingerprint density at radius 3 is 2.62 bits per heavy atom. The Kier molecular flexibility index (Phi) is 6.59. The Morgan fingerprint density at radius 2 is 1.93 bits per heavy atom. The first-order chi connectivity index (χ1) is 14.0. The highest BCUT2D eigenvalue weighted by molar-refractivity contribution is 5.95. The highest BCUT2D eigenvalue weighted by Gasteiger charge is 2.22. The molecule has 1 aliphatic heterocycles. The zero-order valence-corrected chi connectivity index (χ0v) is 17.0. The highest BCUT2D eigenvalue weighted by Crippen LogP contribution is 2.27. The number of hydrogen-bond donors (Lipinski definition) is 0. The molecule has 0 aliphatic carbocycles. The van der Waals surface area contributed by atoms with Crippen LogP contribution in [0.2, 0.25) is 0 Å². The minimum Gasteiger partial charge on any atom is -0.497 e. The van der Waals surface area contributed by atoms with Crippen LogP contribution >= 0.6 is 0 Å². The van der Waals surface area contributed by atoms with Crippen LogP contribution in [-0.2, 0) is 16.1 Å². The van der Waals surface area contributed by atoms with Crippen LogP contribution in [0.1, 0.15) is 18.4 Å². The largest absolute Gasteiger partial charge is 0.497 e. The predicted molar refractivity (Wildman–Crippen MR) is 110 cm³/mol. The van der Waals surface area contributed by atoms with E-state index in [0.717, 1.165) is 17.7 Å². The van der Waals surface area contributed by atoms with Crippen molar-refractivity contribution in [1.82, 2.24) is 4.90 Å². The van der Waals surface area contributed by atoms with E-state index >= 15 is 0 Å². The topological polar surface area (TPSA) is 68.3 Å². The van der Waals surface area contributed by atoms with E-state index in [1.54, 1.807) is 49.3 Å². The molecule has 7 nitrogen and oxygen atoms in total. The molecule has 0 unspecified atom stereocenters. The smallest absolute Gasteiger partial charge is 0.260 e. The molecule has 0 spiro atoms. The van der Waals surface area contributed by atoms with Crippen LogP contribution in [0.3, 0.4) is 0 Å². The van der Waals surface area contributed by atoms with E-state index in [9.17, 15) is 9.59 Å². The number of ether oxygens (including phenoxy) is 3. The number of anilines is 1. The number of hydrogen-bond acceptors (Lipinski definition) is 5. The molecule has 2 amide bonds. The molecular weight excluding hydrogens is 372 g/mol. The number of carbonyl (C=O) groups excluding carboxylic acids is 2. The van der Waals surface area contributed by atoms with E-state index in [1.807, 2.05) is 24.3 Å². The fourth-order valence-electron chi connectivity index (χ4n) is 3.24. The average Bonchev–Trinajstić information content (AvgIpc) is 3.18. The number of amides is 2. The molecule has 0 atom stereocenters. The molecule has 0 radical (unpaired) electrons. The molecule has 3 rings (SSSR count). The molecule has 154 valence electrons. The molecule has 0 bridgehead atoms. The molecule has 0 saturated carbocycles. The lowest BCUT2D eigenvalue weighted by atomic mass is 10.2. The molecule has 29 heavy (non-hydrogen) atoms. The maximum absolute atomic E-state index is 12.5. The number of likely N-dealkylation sites (N-methyl/N-ethyl adjacent to an activating group) is 1. The number of methoxy groups -OCH3 is 2. The summed E-state index contributed by atoms with van der Waals surface area (Å²) in [6.45, 7) is 1.01. The maximum atomic E-state index is 12.5. The first kappa shape index (κ1) is 20.5. The van der Waals surface area contributed by atoms with E-state index in [0.29, 0.717) is 36.8 Å². The number of nitrogens with zero attached hydrogens (tertiary/aromatic N) is 2. The second-order valence-corrected chi connectivity index (χ2v) is 6.86. The lowest BCUT2D eigenvalue weighted by molar-refractivity contribution is -0.132. The Balaban J connectivity index is 1.59. The van der Waals surface area contributed by atoms with E-state index < -0.39 is 0 Å². The summed E-state index contributed by atoms with van der Waals surface area (Å²) >= 11 is 0. The summed E-state index contributed by atoms with van der Waals surface area (Å²) in [5, 5.41) is 0. The zero-order chi connectivity index (χ0) is 20.8. The predicted octanol–water partition coefficient (Wildman–Crippen LogP) is 2.87. The van der Waals surface area contributed by atoms with Gasteiger partial charge >= 0.3 is 0 Å². The first-order valence-electron chi connectivity index (χ1n) is 9.50. The van der Waals surface area contributed by atoms with Gasteiger partial charge in [-0.15, -0.1) is 0 Å². The third-order valence-corrected chi connectivity index (χ3v) is 4.89. The van der Waals surface area contributed by atoms with Crippen molar-refractivity contribution in [2.24, 2.45) is 0 Å². The fraction of sp³-hybridized carbons (Fsp3) is 0.364. The molecule has 1 saturated heterocycles. The van der Waals surface area contributed by atoms with Gasteiger partial charge in [0.05, 0.1) is 14.2 Å². The Hall–Kier alpha value is -3.22. The van der Waals surface area contributed by atoms with Crippen molar-refractivity contribution in [2.75, 3.05) is 39.3 Å². The second kappa shape index (κ2) is 9.32. The van der Waals surface area contributed by atoms with Gasteiger partial charge in [0.15, 0.2) is 6.61 Å². The van der Waals surface area contributed by atoms with E-state index in [1.165, 1.54) is 0 Å². The molecule has 2 aromatic carbocycles. The van der Waals surface area contributed by atoms with Gasteiger partial charge in [-0.3, -0.25) is 9.59 Å². The Morgan fingerprint density at radius 1 is 1.10 bits per heavy atom. The summed E-state index contributed by atoms with van der Waals surface area (Å²) in [6.07, 6.45) is 1.44. The number of rotatable bonds is 8. The molecule has 2 aromatic rings. The lowest BCUT2D eigenvalue weighted by Gasteiger charge is -2.20. The Bertz CT molecular complexity index is 883. The summed E-state index contributed by atoms with van der Waals surface area (Å²) in [4.78, 5) is 27.7. The highest BCUT2D eigenvalue weighted by atomic mass is 16.5. The van der Waals surface area contributed by atoms with E-state index in [2.05, 4.69) is 0 Å². The minimum atomic E-state index is -0.162. The van der Waals surface area contributed by atoms with Gasteiger partial charge < -0.3 is 24.0 Å². The van der Waals surface area contributed by atoms with Gasteiger partial charge in [-0.1, -0.05) is 6.07 Å². The number of carbonyl (C=O) groups is 2.